The number of rotatable bonds is 5. The molecule has 2 N–H and O–H groups in total. The van der Waals surface area contributed by atoms with Crippen LogP contribution in [0.2, 0.25) is 0 Å². The summed E-state index contributed by atoms with van der Waals surface area (Å²) in [5.74, 6) is 0. The molecule has 0 amide bonds. The molecule has 4 heteroatoms. The summed E-state index contributed by atoms with van der Waals surface area (Å²) < 4.78 is 0. The smallest absolute Gasteiger partial charge is 0.0981 e. The normalized spacial score (nSPS) is 15.9. The number of aromatic nitrogens is 1. The summed E-state index contributed by atoms with van der Waals surface area (Å²) >= 11 is 1.74. The van der Waals surface area contributed by atoms with E-state index in [0.717, 1.165) is 18.0 Å². The van der Waals surface area contributed by atoms with E-state index in [1.807, 2.05) is 20.0 Å². The lowest BCUT2D eigenvalue weighted by molar-refractivity contribution is 0.0556. The topological polar surface area (TPSA) is 45.1 Å². The van der Waals surface area contributed by atoms with Gasteiger partial charge < -0.3 is 10.4 Å². The van der Waals surface area contributed by atoms with Crippen molar-refractivity contribution in [3.8, 4) is 0 Å². The molecule has 98 valence electrons. The Morgan fingerprint density at radius 2 is 2.00 bits per heavy atom. The van der Waals surface area contributed by atoms with Crippen molar-refractivity contribution < 1.29 is 5.11 Å². The van der Waals surface area contributed by atoms with Crippen molar-refractivity contribution in [3.05, 3.63) is 16.1 Å². The van der Waals surface area contributed by atoms with E-state index in [-0.39, 0.29) is 5.41 Å². The molecule has 17 heavy (non-hydrogen) atoms. The molecule has 0 saturated carbocycles. The fourth-order valence-corrected chi connectivity index (χ4v) is 2.26. The van der Waals surface area contributed by atoms with Crippen LogP contribution in [0, 0.1) is 0 Å². The van der Waals surface area contributed by atoms with Gasteiger partial charge in [-0.1, -0.05) is 27.7 Å². The molecule has 0 bridgehead atoms. The number of nitrogens with zero attached hydrogens (tertiary/aromatic N) is 1. The van der Waals surface area contributed by atoms with Gasteiger partial charge in [0.15, 0.2) is 0 Å². The van der Waals surface area contributed by atoms with Crippen LogP contribution in [-0.4, -0.2) is 22.2 Å². The molecule has 1 rings (SSSR count). The second-order valence-corrected chi connectivity index (χ2v) is 6.95. The summed E-state index contributed by atoms with van der Waals surface area (Å²) in [6.07, 6.45) is 2.69. The first-order chi connectivity index (χ1) is 7.74. The molecule has 3 nitrogen and oxygen atoms in total. The van der Waals surface area contributed by atoms with Crippen molar-refractivity contribution in [2.75, 3.05) is 6.54 Å². The molecule has 0 radical (unpaired) electrons. The number of thiazole rings is 1. The van der Waals surface area contributed by atoms with E-state index in [2.05, 4.69) is 31.1 Å². The third-order valence-electron chi connectivity index (χ3n) is 2.76. The van der Waals surface area contributed by atoms with E-state index < -0.39 is 5.60 Å². The maximum atomic E-state index is 9.86. The van der Waals surface area contributed by atoms with E-state index in [9.17, 15) is 5.11 Å². The molecule has 1 aromatic heterocycles. The highest BCUT2D eigenvalue weighted by Crippen LogP contribution is 2.26. The molecule has 0 aliphatic heterocycles. The van der Waals surface area contributed by atoms with Crippen molar-refractivity contribution in [2.24, 2.45) is 0 Å². The number of nitrogens with one attached hydrogen (secondary N) is 1. The zero-order valence-electron chi connectivity index (χ0n) is 11.5. The van der Waals surface area contributed by atoms with Gasteiger partial charge in [0.1, 0.15) is 0 Å². The first-order valence-electron chi connectivity index (χ1n) is 6.13. The molecule has 0 saturated heterocycles. The highest BCUT2D eigenvalue weighted by atomic mass is 32.1. The van der Waals surface area contributed by atoms with Crippen LogP contribution in [0.15, 0.2) is 6.20 Å². The molecule has 1 atom stereocenters. The van der Waals surface area contributed by atoms with Crippen molar-refractivity contribution in [1.82, 2.24) is 10.3 Å². The minimum absolute atomic E-state index is 0.123. The highest BCUT2D eigenvalue weighted by Gasteiger charge is 2.19. The molecule has 1 aromatic rings. The first-order valence-corrected chi connectivity index (χ1v) is 6.94. The summed E-state index contributed by atoms with van der Waals surface area (Å²) in [4.78, 5) is 5.66. The maximum absolute atomic E-state index is 9.86. The number of hydrogen-bond acceptors (Lipinski definition) is 4. The van der Waals surface area contributed by atoms with Gasteiger partial charge in [0.05, 0.1) is 10.6 Å². The fraction of sp³-hybridized carbons (Fsp3) is 0.769. The quantitative estimate of drug-likeness (QED) is 0.851. The van der Waals surface area contributed by atoms with Gasteiger partial charge in [-0.25, -0.2) is 4.98 Å². The highest BCUT2D eigenvalue weighted by molar-refractivity contribution is 7.11. The van der Waals surface area contributed by atoms with E-state index in [1.165, 1.54) is 4.88 Å². The monoisotopic (exact) mass is 256 g/mol. The molecule has 0 aromatic carbocycles. The van der Waals surface area contributed by atoms with Crippen molar-refractivity contribution in [3.63, 3.8) is 0 Å². The van der Waals surface area contributed by atoms with Crippen LogP contribution in [0.1, 0.15) is 50.9 Å². The van der Waals surface area contributed by atoms with Gasteiger partial charge in [-0.05, 0) is 13.3 Å². The average molecular weight is 256 g/mol. The average Bonchev–Trinajstić information content (AvgIpc) is 2.66. The standard InChI is InChI=1S/C13H24N2OS/c1-6-13(5,16)9-14-7-10-8-15-11(17-10)12(2,3)4/h8,14,16H,6-7,9H2,1-5H3. The number of hydrogen-bond donors (Lipinski definition) is 2. The summed E-state index contributed by atoms with van der Waals surface area (Å²) in [7, 11) is 0. The predicted octanol–water partition coefficient (Wildman–Crippen LogP) is 2.69. The van der Waals surface area contributed by atoms with Crippen LogP contribution in [-0.2, 0) is 12.0 Å². The van der Waals surface area contributed by atoms with Crippen molar-refractivity contribution in [1.29, 1.82) is 0 Å². The van der Waals surface area contributed by atoms with Gasteiger partial charge >= 0.3 is 0 Å². The molecule has 0 aliphatic carbocycles. The molecule has 1 unspecified atom stereocenters. The summed E-state index contributed by atoms with van der Waals surface area (Å²) in [6.45, 7) is 11.8. The third kappa shape index (κ3) is 4.74. The predicted molar refractivity (Wildman–Crippen MR) is 73.4 cm³/mol. The Morgan fingerprint density at radius 3 is 2.47 bits per heavy atom. The summed E-state index contributed by atoms with van der Waals surface area (Å²) in [5, 5.41) is 14.3. The maximum Gasteiger partial charge on any atom is 0.0981 e. The lowest BCUT2D eigenvalue weighted by Crippen LogP contribution is -2.36. The van der Waals surface area contributed by atoms with Crippen LogP contribution < -0.4 is 5.32 Å². The van der Waals surface area contributed by atoms with Gasteiger partial charge in [0.2, 0.25) is 0 Å². The summed E-state index contributed by atoms with van der Waals surface area (Å²) in [5.41, 5.74) is -0.491. The van der Waals surface area contributed by atoms with E-state index in [0.29, 0.717) is 6.54 Å². The van der Waals surface area contributed by atoms with Crippen LogP contribution >= 0.6 is 11.3 Å². The largest absolute Gasteiger partial charge is 0.389 e. The molecular weight excluding hydrogens is 232 g/mol. The van der Waals surface area contributed by atoms with Gasteiger partial charge in [-0.15, -0.1) is 11.3 Å². The van der Waals surface area contributed by atoms with Crippen LogP contribution in [0.4, 0.5) is 0 Å². The Bertz CT molecular complexity index is 353. The SMILES string of the molecule is CCC(C)(O)CNCc1cnc(C(C)(C)C)s1. The zero-order valence-corrected chi connectivity index (χ0v) is 12.3. The van der Waals surface area contributed by atoms with Crippen LogP contribution in [0.25, 0.3) is 0 Å². The first kappa shape index (κ1) is 14.6. The zero-order chi connectivity index (χ0) is 13.1. The Kier molecular flexibility index (Phi) is 4.69. The van der Waals surface area contributed by atoms with E-state index >= 15 is 0 Å². The molecule has 1 heterocycles. The Hall–Kier alpha value is -0.450. The van der Waals surface area contributed by atoms with E-state index in [4.69, 9.17) is 0 Å². The second-order valence-electron chi connectivity index (χ2n) is 5.84. The second kappa shape index (κ2) is 5.46. The minimum Gasteiger partial charge on any atom is -0.389 e. The Balaban J connectivity index is 2.46. The van der Waals surface area contributed by atoms with Gasteiger partial charge in [0, 0.05) is 29.6 Å². The summed E-state index contributed by atoms with van der Waals surface area (Å²) in [6, 6.07) is 0. The van der Waals surface area contributed by atoms with Crippen LogP contribution in [0.3, 0.4) is 0 Å². The number of aliphatic hydroxyl groups is 1. The van der Waals surface area contributed by atoms with Gasteiger partial charge in [-0.2, -0.15) is 0 Å². The lowest BCUT2D eigenvalue weighted by atomic mass is 9.98. The third-order valence-corrected chi connectivity index (χ3v) is 4.18. The molecule has 0 fully saturated rings. The van der Waals surface area contributed by atoms with Crippen molar-refractivity contribution >= 4 is 11.3 Å². The molecule has 0 spiro atoms. The van der Waals surface area contributed by atoms with Gasteiger partial charge in [-0.3, -0.25) is 0 Å². The van der Waals surface area contributed by atoms with Crippen molar-refractivity contribution in [2.45, 2.75) is 58.6 Å². The fourth-order valence-electron chi connectivity index (χ4n) is 1.32. The van der Waals surface area contributed by atoms with Crippen LogP contribution in [0.5, 0.6) is 0 Å². The molecule has 0 aliphatic rings. The molecular formula is C13H24N2OS. The lowest BCUT2D eigenvalue weighted by Gasteiger charge is -2.21. The van der Waals surface area contributed by atoms with Gasteiger partial charge in [0.25, 0.3) is 0 Å². The minimum atomic E-state index is -0.614. The Labute approximate surface area is 108 Å². The van der Waals surface area contributed by atoms with E-state index in [1.54, 1.807) is 11.3 Å². The Morgan fingerprint density at radius 1 is 1.35 bits per heavy atom.